The summed E-state index contributed by atoms with van der Waals surface area (Å²) in [6.45, 7) is 3.74. The third-order valence-electron chi connectivity index (χ3n) is 4.42. The summed E-state index contributed by atoms with van der Waals surface area (Å²) in [4.78, 5) is 37.7. The first-order valence-corrected chi connectivity index (χ1v) is 11.2. The maximum atomic E-state index is 12.8. The lowest BCUT2D eigenvalue weighted by Crippen LogP contribution is -2.16. The number of aromatic nitrogens is 2. The van der Waals surface area contributed by atoms with Crippen molar-refractivity contribution in [3.63, 3.8) is 0 Å². The lowest BCUT2D eigenvalue weighted by Gasteiger charge is -2.07. The number of anilines is 1. The van der Waals surface area contributed by atoms with Crippen molar-refractivity contribution >= 4 is 45.8 Å². The number of halogens is 1. The molecule has 1 aromatic carbocycles. The summed E-state index contributed by atoms with van der Waals surface area (Å²) < 4.78 is 17.0. The van der Waals surface area contributed by atoms with Crippen LogP contribution in [0.25, 0.3) is 0 Å². The molecule has 3 aromatic rings. The Kier molecular flexibility index (Phi) is 8.07. The van der Waals surface area contributed by atoms with Gasteiger partial charge in [0.25, 0.3) is 5.91 Å². The Labute approximate surface area is 199 Å². The maximum Gasteiger partial charge on any atom is 0.348 e. The van der Waals surface area contributed by atoms with E-state index in [0.717, 1.165) is 11.3 Å². The van der Waals surface area contributed by atoms with Gasteiger partial charge in [-0.3, -0.25) is 4.79 Å². The van der Waals surface area contributed by atoms with E-state index >= 15 is 0 Å². The van der Waals surface area contributed by atoms with Crippen LogP contribution in [0.3, 0.4) is 0 Å². The number of hydrogen-bond donors (Lipinski definition) is 1. The van der Waals surface area contributed by atoms with E-state index in [1.807, 2.05) is 6.92 Å². The highest BCUT2D eigenvalue weighted by atomic mass is 35.5. The molecule has 11 heteroatoms. The Bertz CT molecular complexity index is 1170. The highest BCUT2D eigenvalue weighted by Crippen LogP contribution is 2.34. The summed E-state index contributed by atoms with van der Waals surface area (Å²) in [7, 11) is 1.24. The van der Waals surface area contributed by atoms with E-state index in [9.17, 15) is 14.4 Å². The average molecular weight is 492 g/mol. The van der Waals surface area contributed by atoms with Crippen molar-refractivity contribution in [2.45, 2.75) is 27.0 Å². The molecule has 33 heavy (non-hydrogen) atoms. The van der Waals surface area contributed by atoms with E-state index in [1.165, 1.54) is 17.9 Å². The highest BCUT2D eigenvalue weighted by molar-refractivity contribution is 7.18. The second kappa shape index (κ2) is 11.0. The van der Waals surface area contributed by atoms with Gasteiger partial charge in [0, 0.05) is 11.2 Å². The number of thiophene rings is 1. The first-order valence-electron chi connectivity index (χ1n) is 9.96. The summed E-state index contributed by atoms with van der Waals surface area (Å²) in [6, 6.07) is 8.41. The molecule has 9 nitrogen and oxygen atoms in total. The van der Waals surface area contributed by atoms with E-state index < -0.39 is 17.8 Å². The maximum absolute atomic E-state index is 12.8. The van der Waals surface area contributed by atoms with E-state index in [2.05, 4.69) is 10.4 Å². The van der Waals surface area contributed by atoms with E-state index in [0.29, 0.717) is 22.8 Å². The molecule has 0 radical (unpaired) electrons. The van der Waals surface area contributed by atoms with Crippen molar-refractivity contribution in [1.82, 2.24) is 9.78 Å². The fourth-order valence-corrected chi connectivity index (χ4v) is 4.11. The number of hydrogen-bond acceptors (Lipinski definition) is 8. The van der Waals surface area contributed by atoms with Crippen molar-refractivity contribution in [1.29, 1.82) is 0 Å². The number of amides is 1. The summed E-state index contributed by atoms with van der Waals surface area (Å²) in [5.41, 5.74) is 0.595. The van der Waals surface area contributed by atoms with Crippen LogP contribution in [0.4, 0.5) is 5.00 Å². The topological polar surface area (TPSA) is 109 Å². The highest BCUT2D eigenvalue weighted by Gasteiger charge is 2.27. The van der Waals surface area contributed by atoms with Crippen LogP contribution in [-0.4, -0.2) is 41.3 Å². The van der Waals surface area contributed by atoms with Crippen molar-refractivity contribution in [2.24, 2.45) is 0 Å². The molecule has 0 spiro atoms. The largest absolute Gasteiger partial charge is 0.471 e. The predicted octanol–water partition coefficient (Wildman–Crippen LogP) is 4.55. The fourth-order valence-electron chi connectivity index (χ4n) is 2.82. The molecule has 0 atom stereocenters. The number of nitrogens with zero attached hydrogens (tertiary/aromatic N) is 2. The van der Waals surface area contributed by atoms with Gasteiger partial charge in [-0.25, -0.2) is 14.3 Å². The Hall–Kier alpha value is -3.37. The van der Waals surface area contributed by atoms with Crippen LogP contribution >= 0.6 is 22.9 Å². The zero-order valence-electron chi connectivity index (χ0n) is 18.2. The number of nitrogens with one attached hydrogen (secondary N) is 1. The van der Waals surface area contributed by atoms with Crippen molar-refractivity contribution < 1.29 is 28.6 Å². The summed E-state index contributed by atoms with van der Waals surface area (Å²) in [5, 5.41) is 7.57. The first-order chi connectivity index (χ1) is 15.8. The quantitative estimate of drug-likeness (QED) is 0.437. The van der Waals surface area contributed by atoms with Crippen molar-refractivity contribution in [3.8, 4) is 5.75 Å². The number of methoxy groups -OCH3 is 1. The predicted molar refractivity (Wildman–Crippen MR) is 123 cm³/mol. The third kappa shape index (κ3) is 5.91. The third-order valence-corrected chi connectivity index (χ3v) is 5.84. The van der Waals surface area contributed by atoms with Gasteiger partial charge >= 0.3 is 11.9 Å². The number of esters is 2. The molecule has 0 saturated heterocycles. The molecule has 0 saturated carbocycles. The zero-order valence-corrected chi connectivity index (χ0v) is 19.8. The van der Waals surface area contributed by atoms with E-state index in [1.54, 1.807) is 37.4 Å². The summed E-state index contributed by atoms with van der Waals surface area (Å²) in [5.74, 6) is -1.23. The van der Waals surface area contributed by atoms with Gasteiger partial charge in [0.15, 0.2) is 12.4 Å². The number of carbonyl (C=O) groups excluding carboxylic acids is 3. The van der Waals surface area contributed by atoms with Crippen LogP contribution in [0.5, 0.6) is 5.75 Å². The van der Waals surface area contributed by atoms with E-state index in [4.69, 9.17) is 25.8 Å². The molecule has 2 aromatic heterocycles. The first kappa shape index (κ1) is 24.3. The van der Waals surface area contributed by atoms with Crippen LogP contribution in [0.2, 0.25) is 5.02 Å². The minimum absolute atomic E-state index is 0.0623. The van der Waals surface area contributed by atoms with Crippen LogP contribution in [0, 0.1) is 6.92 Å². The smallest absolute Gasteiger partial charge is 0.348 e. The molecule has 0 aliphatic carbocycles. The van der Waals surface area contributed by atoms with Gasteiger partial charge in [0.2, 0.25) is 0 Å². The minimum atomic E-state index is -0.628. The molecule has 1 amide bonds. The van der Waals surface area contributed by atoms with Gasteiger partial charge in [-0.1, -0.05) is 24.6 Å². The molecule has 174 valence electrons. The molecule has 0 aliphatic rings. The summed E-state index contributed by atoms with van der Waals surface area (Å²) in [6.07, 6.45) is 2.21. The Morgan fingerprint density at radius 2 is 2.00 bits per heavy atom. The normalized spacial score (nSPS) is 10.5. The molecule has 3 rings (SSSR count). The monoisotopic (exact) mass is 491 g/mol. The Balaban J connectivity index is 1.76. The van der Waals surface area contributed by atoms with Gasteiger partial charge in [-0.05, 0) is 43.2 Å². The lowest BCUT2D eigenvalue weighted by atomic mass is 10.1. The fraction of sp³-hybridized carbons (Fsp3) is 0.273. The zero-order chi connectivity index (χ0) is 24.0. The molecule has 0 fully saturated rings. The Morgan fingerprint density at radius 1 is 1.21 bits per heavy atom. The molecule has 0 unspecified atom stereocenters. The standard InChI is InChI=1S/C22H22ClN3O6S/c1-4-10-31-21(28)17-13(2)18(22(29)30-3)33-20(17)24-19(27)16-8-9-26(25-16)12-32-15-7-5-6-14(23)11-15/h5-9,11H,4,10,12H2,1-3H3,(H,24,27). The summed E-state index contributed by atoms with van der Waals surface area (Å²) >= 11 is 6.88. The van der Waals surface area contributed by atoms with Crippen LogP contribution < -0.4 is 10.1 Å². The van der Waals surface area contributed by atoms with Crippen LogP contribution in [-0.2, 0) is 16.2 Å². The van der Waals surface area contributed by atoms with Gasteiger partial charge in [-0.2, -0.15) is 5.10 Å². The number of carbonyl (C=O) groups is 3. The second-order valence-corrected chi connectivity index (χ2v) is 8.27. The molecular weight excluding hydrogens is 470 g/mol. The van der Waals surface area contributed by atoms with Gasteiger partial charge in [0.1, 0.15) is 15.6 Å². The molecule has 0 aliphatic heterocycles. The molecular formula is C22H22ClN3O6S. The molecule has 1 N–H and O–H groups in total. The van der Waals surface area contributed by atoms with E-state index in [-0.39, 0.29) is 34.5 Å². The minimum Gasteiger partial charge on any atom is -0.471 e. The van der Waals surface area contributed by atoms with Gasteiger partial charge < -0.3 is 19.5 Å². The number of benzene rings is 1. The van der Waals surface area contributed by atoms with Gasteiger partial charge in [0.05, 0.1) is 19.3 Å². The van der Waals surface area contributed by atoms with Crippen LogP contribution in [0.15, 0.2) is 36.5 Å². The number of ether oxygens (including phenoxy) is 3. The molecule has 0 bridgehead atoms. The SMILES string of the molecule is CCCOC(=O)c1c(NC(=O)c2ccn(COc3cccc(Cl)c3)n2)sc(C(=O)OC)c1C. The van der Waals surface area contributed by atoms with Gasteiger partial charge in [-0.15, -0.1) is 11.3 Å². The van der Waals surface area contributed by atoms with Crippen LogP contribution in [0.1, 0.15) is 49.4 Å². The second-order valence-electron chi connectivity index (χ2n) is 6.81. The molecule has 2 heterocycles. The number of rotatable bonds is 9. The Morgan fingerprint density at radius 3 is 2.70 bits per heavy atom. The lowest BCUT2D eigenvalue weighted by molar-refractivity contribution is 0.0506. The average Bonchev–Trinajstić information content (AvgIpc) is 3.40. The van der Waals surface area contributed by atoms with Crippen molar-refractivity contribution in [3.05, 3.63) is 63.2 Å². The van der Waals surface area contributed by atoms with Crippen molar-refractivity contribution in [2.75, 3.05) is 19.0 Å².